The fraction of sp³-hybridized carbons (Fsp3) is 0. The minimum atomic E-state index is 0.0771. The largest absolute Gasteiger partial charge is 0.375 e. The predicted molar refractivity (Wildman–Crippen MR) is 95.5 cm³/mol. The van der Waals surface area contributed by atoms with Crippen molar-refractivity contribution in [3.63, 3.8) is 0 Å². The van der Waals surface area contributed by atoms with Gasteiger partial charge in [0.1, 0.15) is 11.4 Å². The number of thiocarbonyl (C=S) groups is 1. The Kier molecular flexibility index (Phi) is 3.21. The molecule has 0 saturated carbocycles. The van der Waals surface area contributed by atoms with E-state index in [0.29, 0.717) is 16.4 Å². The maximum absolute atomic E-state index is 6.37. The van der Waals surface area contributed by atoms with Gasteiger partial charge in [-0.1, -0.05) is 35.9 Å². The third kappa shape index (κ3) is 2.23. The minimum Gasteiger partial charge on any atom is -0.375 e. The fourth-order valence-corrected chi connectivity index (χ4v) is 2.96. The second kappa shape index (κ2) is 5.26. The standard InChI is InChI=1S/C16H10ClN5S/c17-9-5-3-4-8-12(9)14(21-22-16(18)23)15-13(8)19-10-6-1-2-7-11(10)20-15/h1-7H,(H3,18,22,23). The highest BCUT2D eigenvalue weighted by Crippen LogP contribution is 2.39. The van der Waals surface area contributed by atoms with Crippen LogP contribution in [0.15, 0.2) is 47.6 Å². The summed E-state index contributed by atoms with van der Waals surface area (Å²) < 4.78 is 0. The summed E-state index contributed by atoms with van der Waals surface area (Å²) in [6.07, 6.45) is 0. The molecule has 7 heteroatoms. The summed E-state index contributed by atoms with van der Waals surface area (Å²) in [7, 11) is 0. The number of hydrogen-bond donors (Lipinski definition) is 2. The van der Waals surface area contributed by atoms with Gasteiger partial charge < -0.3 is 5.73 Å². The van der Waals surface area contributed by atoms with Crippen molar-refractivity contribution in [1.29, 1.82) is 0 Å². The topological polar surface area (TPSA) is 76.2 Å². The van der Waals surface area contributed by atoms with E-state index in [1.54, 1.807) is 0 Å². The number of halogens is 1. The van der Waals surface area contributed by atoms with Crippen LogP contribution in [0.25, 0.3) is 22.3 Å². The lowest BCUT2D eigenvalue weighted by molar-refractivity contribution is 1.03. The van der Waals surface area contributed by atoms with Crippen molar-refractivity contribution in [2.75, 3.05) is 0 Å². The third-order valence-electron chi connectivity index (χ3n) is 3.58. The van der Waals surface area contributed by atoms with Crippen LogP contribution >= 0.6 is 23.8 Å². The van der Waals surface area contributed by atoms with Gasteiger partial charge in [-0.2, -0.15) is 5.10 Å². The Morgan fingerprint density at radius 1 is 1.04 bits per heavy atom. The van der Waals surface area contributed by atoms with Crippen LogP contribution in [0.5, 0.6) is 0 Å². The summed E-state index contributed by atoms with van der Waals surface area (Å²) >= 11 is 11.2. The quantitative estimate of drug-likeness (QED) is 0.412. The molecule has 112 valence electrons. The highest BCUT2D eigenvalue weighted by molar-refractivity contribution is 7.80. The molecule has 23 heavy (non-hydrogen) atoms. The number of hydrogen-bond acceptors (Lipinski definition) is 4. The molecular formula is C16H10ClN5S. The molecule has 0 atom stereocenters. The van der Waals surface area contributed by atoms with Gasteiger partial charge in [0.05, 0.1) is 21.7 Å². The van der Waals surface area contributed by atoms with E-state index in [2.05, 4.69) is 10.5 Å². The Morgan fingerprint density at radius 3 is 2.43 bits per heavy atom. The Bertz CT molecular complexity index is 999. The average molecular weight is 340 g/mol. The molecule has 0 amide bonds. The second-order valence-corrected chi connectivity index (χ2v) is 5.86. The van der Waals surface area contributed by atoms with E-state index in [1.807, 2.05) is 42.5 Å². The number of rotatable bonds is 1. The lowest BCUT2D eigenvalue weighted by Gasteiger charge is -2.04. The number of benzene rings is 2. The van der Waals surface area contributed by atoms with Crippen LogP contribution in [0, 0.1) is 0 Å². The van der Waals surface area contributed by atoms with Crippen LogP contribution in [0.2, 0.25) is 5.02 Å². The van der Waals surface area contributed by atoms with Gasteiger partial charge in [-0.3, -0.25) is 5.43 Å². The molecule has 0 aliphatic heterocycles. The Labute approximate surface area is 142 Å². The van der Waals surface area contributed by atoms with Crippen LogP contribution in [0.4, 0.5) is 0 Å². The molecule has 5 nitrogen and oxygen atoms in total. The van der Waals surface area contributed by atoms with Crippen LogP contribution in [0.3, 0.4) is 0 Å². The van der Waals surface area contributed by atoms with E-state index in [1.165, 1.54) is 0 Å². The van der Waals surface area contributed by atoms with Crippen molar-refractivity contribution in [2.45, 2.75) is 0 Å². The monoisotopic (exact) mass is 339 g/mol. The SMILES string of the molecule is NC(=S)NN=C1c2nc3ccccc3nc2-c2cccc(Cl)c21. The van der Waals surface area contributed by atoms with Crippen molar-refractivity contribution in [3.8, 4) is 11.3 Å². The van der Waals surface area contributed by atoms with Gasteiger partial charge in [-0.25, -0.2) is 9.97 Å². The molecule has 4 rings (SSSR count). The fourth-order valence-electron chi connectivity index (χ4n) is 2.65. The first kappa shape index (κ1) is 14.0. The maximum atomic E-state index is 6.37. The van der Waals surface area contributed by atoms with E-state index < -0.39 is 0 Å². The summed E-state index contributed by atoms with van der Waals surface area (Å²) in [6.45, 7) is 0. The van der Waals surface area contributed by atoms with Crippen LogP contribution < -0.4 is 11.2 Å². The highest BCUT2D eigenvalue weighted by atomic mass is 35.5. The number of fused-ring (bicyclic) bond motifs is 4. The Hall–Kier alpha value is -2.57. The van der Waals surface area contributed by atoms with Crippen molar-refractivity contribution in [2.24, 2.45) is 10.8 Å². The zero-order valence-corrected chi connectivity index (χ0v) is 13.3. The van der Waals surface area contributed by atoms with Crippen molar-refractivity contribution in [3.05, 3.63) is 58.7 Å². The average Bonchev–Trinajstić information content (AvgIpc) is 2.85. The minimum absolute atomic E-state index is 0.0771. The van der Waals surface area contributed by atoms with Gasteiger partial charge in [0.15, 0.2) is 5.11 Å². The van der Waals surface area contributed by atoms with Gasteiger partial charge in [0, 0.05) is 11.1 Å². The summed E-state index contributed by atoms with van der Waals surface area (Å²) in [6, 6.07) is 13.3. The molecule has 3 N–H and O–H groups in total. The molecule has 2 aromatic carbocycles. The highest BCUT2D eigenvalue weighted by Gasteiger charge is 2.30. The number of para-hydroxylation sites is 2. The molecule has 1 heterocycles. The van der Waals surface area contributed by atoms with Gasteiger partial charge in [0.2, 0.25) is 0 Å². The first-order valence-electron chi connectivity index (χ1n) is 6.84. The van der Waals surface area contributed by atoms with E-state index in [4.69, 9.17) is 39.5 Å². The predicted octanol–water partition coefficient (Wildman–Crippen LogP) is 2.85. The summed E-state index contributed by atoms with van der Waals surface area (Å²) in [5.41, 5.74) is 13.4. The molecule has 0 fully saturated rings. The molecule has 0 spiro atoms. The molecule has 1 aromatic heterocycles. The van der Waals surface area contributed by atoms with Crippen molar-refractivity contribution >= 4 is 45.7 Å². The van der Waals surface area contributed by atoms with Gasteiger partial charge >= 0.3 is 0 Å². The normalized spacial score (nSPS) is 13.9. The molecule has 1 aliphatic rings. The van der Waals surface area contributed by atoms with Gasteiger partial charge in [-0.15, -0.1) is 0 Å². The van der Waals surface area contributed by atoms with Gasteiger partial charge in [0.25, 0.3) is 0 Å². The van der Waals surface area contributed by atoms with E-state index >= 15 is 0 Å². The lowest BCUT2D eigenvalue weighted by Crippen LogP contribution is -2.25. The molecule has 1 aliphatic carbocycles. The van der Waals surface area contributed by atoms with E-state index in [-0.39, 0.29) is 5.11 Å². The summed E-state index contributed by atoms with van der Waals surface area (Å²) in [5.74, 6) is 0. The molecule has 0 saturated heterocycles. The smallest absolute Gasteiger partial charge is 0.184 e. The zero-order chi connectivity index (χ0) is 16.0. The number of nitrogens with zero attached hydrogens (tertiary/aromatic N) is 3. The molecule has 0 bridgehead atoms. The Morgan fingerprint density at radius 2 is 1.74 bits per heavy atom. The maximum Gasteiger partial charge on any atom is 0.184 e. The molecule has 3 aromatic rings. The number of aromatic nitrogens is 2. The van der Waals surface area contributed by atoms with Crippen molar-refractivity contribution in [1.82, 2.24) is 15.4 Å². The zero-order valence-electron chi connectivity index (χ0n) is 11.7. The summed E-state index contributed by atoms with van der Waals surface area (Å²) in [5, 5.41) is 4.94. The number of nitrogens with two attached hydrogens (primary N) is 1. The van der Waals surface area contributed by atoms with Crippen molar-refractivity contribution < 1.29 is 0 Å². The van der Waals surface area contributed by atoms with Crippen LogP contribution in [-0.4, -0.2) is 20.8 Å². The third-order valence-corrected chi connectivity index (χ3v) is 3.98. The first-order chi connectivity index (χ1) is 11.1. The molecule has 0 radical (unpaired) electrons. The first-order valence-corrected chi connectivity index (χ1v) is 7.63. The van der Waals surface area contributed by atoms with Crippen LogP contribution in [0.1, 0.15) is 11.3 Å². The van der Waals surface area contributed by atoms with E-state index in [9.17, 15) is 0 Å². The van der Waals surface area contributed by atoms with Crippen LogP contribution in [-0.2, 0) is 0 Å². The summed E-state index contributed by atoms with van der Waals surface area (Å²) in [4.78, 5) is 9.42. The second-order valence-electron chi connectivity index (χ2n) is 5.01. The van der Waals surface area contributed by atoms with E-state index in [0.717, 1.165) is 27.9 Å². The molecule has 0 unspecified atom stereocenters. The number of hydrazone groups is 1. The lowest BCUT2D eigenvalue weighted by atomic mass is 10.1. The Balaban J connectivity index is 2.05. The number of nitrogens with one attached hydrogen (secondary N) is 1. The van der Waals surface area contributed by atoms with Gasteiger partial charge in [-0.05, 0) is 30.4 Å². The molecular weight excluding hydrogens is 330 g/mol.